The second-order valence-corrected chi connectivity index (χ2v) is 6.19. The summed E-state index contributed by atoms with van der Waals surface area (Å²) in [4.78, 5) is 21.4. The van der Waals surface area contributed by atoms with Gasteiger partial charge in [0, 0.05) is 12.4 Å². The van der Waals surface area contributed by atoms with Crippen molar-refractivity contribution < 1.29 is 18.4 Å². The van der Waals surface area contributed by atoms with E-state index in [0.29, 0.717) is 19.4 Å². The molecule has 0 atom stereocenters. The Balaban J connectivity index is 1.45. The van der Waals surface area contributed by atoms with Crippen molar-refractivity contribution in [3.63, 3.8) is 0 Å². The smallest absolute Gasteiger partial charge is 0.262 e. The zero-order chi connectivity index (χ0) is 20.5. The number of amides is 1. The maximum absolute atomic E-state index is 13.6. The van der Waals surface area contributed by atoms with Crippen LogP contribution >= 0.6 is 0 Å². The molecule has 3 aromatic rings. The van der Waals surface area contributed by atoms with Gasteiger partial charge >= 0.3 is 0 Å². The summed E-state index contributed by atoms with van der Waals surface area (Å²) in [6.07, 6.45) is 4.61. The highest BCUT2D eigenvalue weighted by molar-refractivity contribution is 6.04. The molecular formula is C22H19F2N3O2. The number of rotatable bonds is 8. The SMILES string of the molecule is O=C(Nc1ccc(CC/C=N\OCc2ccccc2)cn1)c1c(F)cccc1F. The molecule has 1 N–H and O–H groups in total. The lowest BCUT2D eigenvalue weighted by molar-refractivity contribution is 0.101. The minimum Gasteiger partial charge on any atom is -0.391 e. The Morgan fingerprint density at radius 1 is 1.00 bits per heavy atom. The Morgan fingerprint density at radius 3 is 2.45 bits per heavy atom. The summed E-state index contributed by atoms with van der Waals surface area (Å²) in [7, 11) is 0. The largest absolute Gasteiger partial charge is 0.391 e. The van der Waals surface area contributed by atoms with Gasteiger partial charge in [0.25, 0.3) is 5.91 Å². The van der Waals surface area contributed by atoms with Crippen LogP contribution in [0, 0.1) is 11.6 Å². The number of carbonyl (C=O) groups excluding carboxylic acids is 1. The van der Waals surface area contributed by atoms with Gasteiger partial charge in [-0.15, -0.1) is 0 Å². The van der Waals surface area contributed by atoms with Gasteiger partial charge in [-0.25, -0.2) is 13.8 Å². The van der Waals surface area contributed by atoms with Crippen molar-refractivity contribution in [3.05, 3.63) is 95.2 Å². The van der Waals surface area contributed by atoms with Crippen molar-refractivity contribution in [2.45, 2.75) is 19.4 Å². The van der Waals surface area contributed by atoms with Crippen LogP contribution in [0.15, 0.2) is 72.0 Å². The van der Waals surface area contributed by atoms with E-state index in [0.717, 1.165) is 23.3 Å². The fourth-order valence-corrected chi connectivity index (χ4v) is 2.56. The summed E-state index contributed by atoms with van der Waals surface area (Å²) in [6.45, 7) is 0.413. The highest BCUT2D eigenvalue weighted by atomic mass is 19.1. The first-order chi connectivity index (χ1) is 14.1. The lowest BCUT2D eigenvalue weighted by Crippen LogP contribution is -2.16. The standard InChI is InChI=1S/C22H19F2N3O2/c23-18-9-4-10-19(24)21(18)22(28)27-20-12-11-16(14-25-20)8-5-13-26-29-15-17-6-2-1-3-7-17/h1-4,6-7,9-14H,5,8,15H2,(H,25,27,28)/b26-13-. The fraction of sp³-hybridized carbons (Fsp3) is 0.136. The topological polar surface area (TPSA) is 63.6 Å². The summed E-state index contributed by atoms with van der Waals surface area (Å²) in [5.74, 6) is -2.52. The van der Waals surface area contributed by atoms with Gasteiger partial charge in [-0.1, -0.05) is 47.6 Å². The number of aryl methyl sites for hydroxylation is 1. The number of carbonyl (C=O) groups is 1. The number of pyridine rings is 1. The molecule has 0 aliphatic carbocycles. The molecule has 0 unspecified atom stereocenters. The van der Waals surface area contributed by atoms with Crippen LogP contribution in [0.3, 0.4) is 0 Å². The Kier molecular flexibility index (Phi) is 7.00. The van der Waals surface area contributed by atoms with E-state index in [1.165, 1.54) is 6.07 Å². The van der Waals surface area contributed by atoms with Gasteiger partial charge in [0.2, 0.25) is 0 Å². The van der Waals surface area contributed by atoms with Gasteiger partial charge in [-0.2, -0.15) is 0 Å². The van der Waals surface area contributed by atoms with Crippen molar-refractivity contribution in [2.75, 3.05) is 5.32 Å². The Bertz CT molecular complexity index is 957. The maximum Gasteiger partial charge on any atom is 0.262 e. The average molecular weight is 395 g/mol. The van der Waals surface area contributed by atoms with E-state index in [9.17, 15) is 13.6 Å². The van der Waals surface area contributed by atoms with Crippen LogP contribution in [0.1, 0.15) is 27.9 Å². The van der Waals surface area contributed by atoms with Crippen molar-refractivity contribution in [2.24, 2.45) is 5.16 Å². The summed E-state index contributed by atoms with van der Waals surface area (Å²) in [5, 5.41) is 6.31. The van der Waals surface area contributed by atoms with E-state index in [4.69, 9.17) is 4.84 Å². The van der Waals surface area contributed by atoms with Gasteiger partial charge in [0.15, 0.2) is 0 Å². The number of anilines is 1. The molecule has 0 bridgehead atoms. The Labute approximate surface area is 167 Å². The molecule has 3 rings (SSSR count). The average Bonchev–Trinajstić information content (AvgIpc) is 2.72. The molecule has 1 heterocycles. The van der Waals surface area contributed by atoms with Gasteiger partial charge < -0.3 is 10.2 Å². The third-order valence-electron chi connectivity index (χ3n) is 4.04. The Morgan fingerprint density at radius 2 is 1.76 bits per heavy atom. The van der Waals surface area contributed by atoms with Gasteiger partial charge in [-0.3, -0.25) is 4.79 Å². The van der Waals surface area contributed by atoms with Crippen molar-refractivity contribution >= 4 is 17.9 Å². The summed E-state index contributed by atoms with van der Waals surface area (Å²) in [6, 6.07) is 16.3. The highest BCUT2D eigenvalue weighted by Gasteiger charge is 2.17. The maximum atomic E-state index is 13.6. The first kappa shape index (κ1) is 20.1. The van der Waals surface area contributed by atoms with E-state index in [1.54, 1.807) is 24.5 Å². The number of oxime groups is 1. The fourth-order valence-electron chi connectivity index (χ4n) is 2.56. The molecule has 1 aromatic heterocycles. The van der Waals surface area contributed by atoms with Crippen molar-refractivity contribution in [1.82, 2.24) is 4.98 Å². The van der Waals surface area contributed by atoms with E-state index < -0.39 is 23.1 Å². The van der Waals surface area contributed by atoms with E-state index in [1.807, 2.05) is 30.3 Å². The molecule has 0 radical (unpaired) electrons. The summed E-state index contributed by atoms with van der Waals surface area (Å²) >= 11 is 0. The molecule has 0 fully saturated rings. The number of nitrogens with one attached hydrogen (secondary N) is 1. The van der Waals surface area contributed by atoms with E-state index in [-0.39, 0.29) is 5.82 Å². The van der Waals surface area contributed by atoms with Crippen LogP contribution in [0.4, 0.5) is 14.6 Å². The minimum atomic E-state index is -0.923. The number of nitrogens with zero attached hydrogens (tertiary/aromatic N) is 2. The molecule has 7 heteroatoms. The monoisotopic (exact) mass is 395 g/mol. The first-order valence-electron chi connectivity index (χ1n) is 9.01. The van der Waals surface area contributed by atoms with Gasteiger partial charge in [-0.05, 0) is 42.2 Å². The highest BCUT2D eigenvalue weighted by Crippen LogP contribution is 2.14. The molecule has 148 valence electrons. The van der Waals surface area contributed by atoms with E-state index >= 15 is 0 Å². The van der Waals surface area contributed by atoms with Gasteiger partial charge in [0.05, 0.1) is 0 Å². The van der Waals surface area contributed by atoms with Crippen LogP contribution < -0.4 is 5.32 Å². The van der Waals surface area contributed by atoms with Crippen molar-refractivity contribution in [3.8, 4) is 0 Å². The van der Waals surface area contributed by atoms with Crippen molar-refractivity contribution in [1.29, 1.82) is 0 Å². The first-order valence-corrected chi connectivity index (χ1v) is 9.01. The number of benzene rings is 2. The minimum absolute atomic E-state index is 0.210. The van der Waals surface area contributed by atoms with Gasteiger partial charge in [0.1, 0.15) is 29.6 Å². The number of aromatic nitrogens is 1. The van der Waals surface area contributed by atoms with Crippen LogP contribution in [-0.4, -0.2) is 17.1 Å². The summed E-state index contributed by atoms with van der Waals surface area (Å²) in [5.41, 5.74) is 1.33. The third kappa shape index (κ3) is 5.93. The summed E-state index contributed by atoms with van der Waals surface area (Å²) < 4.78 is 27.3. The number of hydrogen-bond acceptors (Lipinski definition) is 4. The molecule has 2 aromatic carbocycles. The predicted octanol–water partition coefficient (Wildman–Crippen LogP) is 4.75. The lowest BCUT2D eigenvalue weighted by atomic mass is 10.1. The second-order valence-electron chi connectivity index (χ2n) is 6.19. The van der Waals surface area contributed by atoms with Crippen LogP contribution in [0.2, 0.25) is 0 Å². The Hall–Kier alpha value is -3.61. The predicted molar refractivity (Wildman–Crippen MR) is 107 cm³/mol. The molecule has 5 nitrogen and oxygen atoms in total. The van der Waals surface area contributed by atoms with Crippen LogP contribution in [0.25, 0.3) is 0 Å². The third-order valence-corrected chi connectivity index (χ3v) is 4.04. The molecule has 1 amide bonds. The molecular weight excluding hydrogens is 376 g/mol. The normalized spacial score (nSPS) is 10.8. The molecule has 0 saturated heterocycles. The molecule has 0 aliphatic rings. The molecule has 0 spiro atoms. The second kappa shape index (κ2) is 10.1. The number of halogens is 2. The molecule has 0 saturated carbocycles. The lowest BCUT2D eigenvalue weighted by Gasteiger charge is -2.07. The van der Waals surface area contributed by atoms with Crippen LogP contribution in [0.5, 0.6) is 0 Å². The molecule has 0 aliphatic heterocycles. The van der Waals surface area contributed by atoms with E-state index in [2.05, 4.69) is 15.5 Å². The van der Waals surface area contributed by atoms with Crippen LogP contribution in [-0.2, 0) is 17.9 Å². The number of hydrogen-bond donors (Lipinski definition) is 1. The zero-order valence-electron chi connectivity index (χ0n) is 15.5. The molecule has 29 heavy (non-hydrogen) atoms. The quantitative estimate of drug-likeness (QED) is 0.442. The zero-order valence-corrected chi connectivity index (χ0v) is 15.5.